The molecule has 1 N–H and O–H groups in total. The molecule has 0 saturated heterocycles. The van der Waals surface area contributed by atoms with E-state index in [1.165, 1.54) is 9.91 Å². The summed E-state index contributed by atoms with van der Waals surface area (Å²) in [7, 11) is 3.18. The normalized spacial score (nSPS) is 15.5. The molecule has 7 nitrogen and oxygen atoms in total. The maximum absolute atomic E-state index is 13.1. The molecule has 0 spiro atoms. The zero-order valence-corrected chi connectivity index (χ0v) is 18.0. The number of benzene rings is 2. The molecule has 158 valence electrons. The summed E-state index contributed by atoms with van der Waals surface area (Å²) >= 11 is 6.37. The first kappa shape index (κ1) is 21.6. The first-order valence-corrected chi connectivity index (χ1v) is 10.1. The zero-order valence-electron chi connectivity index (χ0n) is 17.3. The van der Waals surface area contributed by atoms with Crippen molar-refractivity contribution in [3.63, 3.8) is 0 Å². The van der Waals surface area contributed by atoms with Crippen LogP contribution in [-0.4, -0.2) is 54.8 Å². The number of carbonyl (C=O) groups excluding carboxylic acids is 2. The first-order chi connectivity index (χ1) is 14.5. The molecular weight excluding hydrogens is 404 g/mol. The van der Waals surface area contributed by atoms with Crippen LogP contribution in [0.25, 0.3) is 0 Å². The average molecular weight is 429 g/mol. The van der Waals surface area contributed by atoms with Crippen molar-refractivity contribution in [1.82, 2.24) is 15.2 Å². The smallest absolute Gasteiger partial charge is 0.317 e. The van der Waals surface area contributed by atoms with Crippen molar-refractivity contribution in [1.29, 1.82) is 0 Å². The van der Waals surface area contributed by atoms with Gasteiger partial charge in [0.15, 0.2) is 0 Å². The first-order valence-electron chi connectivity index (χ1n) is 9.72. The van der Waals surface area contributed by atoms with Crippen LogP contribution in [0.4, 0.5) is 4.79 Å². The van der Waals surface area contributed by atoms with Gasteiger partial charge in [-0.05, 0) is 19.1 Å². The van der Waals surface area contributed by atoms with Gasteiger partial charge in [0.2, 0.25) is 0 Å². The number of hydrogen-bond donors (Lipinski definition) is 1. The highest BCUT2D eigenvalue weighted by atomic mass is 35.5. The number of carbonyl (C=O) groups is 2. The quantitative estimate of drug-likeness (QED) is 0.762. The van der Waals surface area contributed by atoms with Gasteiger partial charge in [-0.1, -0.05) is 48.0 Å². The highest BCUT2D eigenvalue weighted by molar-refractivity contribution is 6.34. The lowest BCUT2D eigenvalue weighted by atomic mass is 9.97. The summed E-state index contributed by atoms with van der Waals surface area (Å²) in [5.74, 6) is 0.384. The topological polar surface area (TPSA) is 74.2 Å². The Labute approximate surface area is 181 Å². The number of para-hydroxylation sites is 1. The minimum absolute atomic E-state index is 0.100. The van der Waals surface area contributed by atoms with Crippen molar-refractivity contribution in [2.75, 3.05) is 27.2 Å². The molecule has 0 saturated carbocycles. The van der Waals surface area contributed by atoms with Crippen molar-refractivity contribution in [3.8, 4) is 5.75 Å². The maximum Gasteiger partial charge on any atom is 0.317 e. The van der Waals surface area contributed by atoms with Gasteiger partial charge < -0.3 is 15.0 Å². The molecule has 30 heavy (non-hydrogen) atoms. The molecule has 1 aliphatic rings. The summed E-state index contributed by atoms with van der Waals surface area (Å²) in [6, 6.07) is 14.3. The number of nitrogens with zero attached hydrogens (tertiary/aromatic N) is 3. The van der Waals surface area contributed by atoms with Crippen LogP contribution in [0.2, 0.25) is 5.02 Å². The van der Waals surface area contributed by atoms with Crippen LogP contribution in [-0.2, 0) is 4.79 Å². The Kier molecular flexibility index (Phi) is 6.95. The molecule has 0 radical (unpaired) electrons. The second-order valence-electron chi connectivity index (χ2n) is 6.92. The molecule has 0 aromatic heterocycles. The molecule has 1 aliphatic heterocycles. The number of hydrazone groups is 1. The standard InChI is InChI=1S/C22H25ClN4O3/c1-4-24-22(29)26(2)14-21(28)27-19(16-10-6-8-12-20(16)30-3)13-18(25-27)15-9-5-7-11-17(15)23/h5-12,19H,4,13-14H2,1-3H3,(H,24,29). The molecule has 8 heteroatoms. The van der Waals surface area contributed by atoms with Gasteiger partial charge in [-0.15, -0.1) is 0 Å². The second-order valence-corrected chi connectivity index (χ2v) is 7.33. The van der Waals surface area contributed by atoms with Crippen molar-refractivity contribution in [2.24, 2.45) is 5.10 Å². The van der Waals surface area contributed by atoms with Crippen molar-refractivity contribution >= 4 is 29.3 Å². The molecule has 1 unspecified atom stereocenters. The van der Waals surface area contributed by atoms with Crippen molar-refractivity contribution < 1.29 is 14.3 Å². The molecule has 1 atom stereocenters. The SMILES string of the molecule is CCNC(=O)N(C)CC(=O)N1N=C(c2ccccc2Cl)CC1c1ccccc1OC. The lowest BCUT2D eigenvalue weighted by molar-refractivity contribution is -0.133. The lowest BCUT2D eigenvalue weighted by Gasteiger charge is -2.25. The van der Waals surface area contributed by atoms with Gasteiger partial charge in [-0.25, -0.2) is 9.80 Å². The summed E-state index contributed by atoms with van der Waals surface area (Å²) in [6.45, 7) is 2.21. The van der Waals surface area contributed by atoms with Gasteiger partial charge >= 0.3 is 6.03 Å². The van der Waals surface area contributed by atoms with Crippen molar-refractivity contribution in [2.45, 2.75) is 19.4 Å². The molecule has 0 aliphatic carbocycles. The second kappa shape index (κ2) is 9.63. The van der Waals surface area contributed by atoms with Crippen LogP contribution in [0, 0.1) is 0 Å². The minimum atomic E-state index is -0.359. The Balaban J connectivity index is 1.94. The third kappa shape index (κ3) is 4.57. The van der Waals surface area contributed by atoms with E-state index in [4.69, 9.17) is 16.3 Å². The summed E-state index contributed by atoms with van der Waals surface area (Å²) < 4.78 is 5.51. The van der Waals surface area contributed by atoms with E-state index in [-0.39, 0.29) is 24.5 Å². The highest BCUT2D eigenvalue weighted by Gasteiger charge is 2.35. The Bertz CT molecular complexity index is 963. The average Bonchev–Trinajstić information content (AvgIpc) is 3.19. The van der Waals surface area contributed by atoms with Crippen molar-refractivity contribution in [3.05, 3.63) is 64.7 Å². The fourth-order valence-corrected chi connectivity index (χ4v) is 3.66. The number of methoxy groups -OCH3 is 1. The van der Waals surface area contributed by atoms with Crippen LogP contribution in [0.15, 0.2) is 53.6 Å². The van der Waals surface area contributed by atoms with E-state index in [0.29, 0.717) is 29.4 Å². The Hall–Kier alpha value is -3.06. The summed E-state index contributed by atoms with van der Waals surface area (Å²) in [6.07, 6.45) is 0.487. The van der Waals surface area contributed by atoms with E-state index < -0.39 is 0 Å². The molecule has 2 aromatic rings. The fourth-order valence-electron chi connectivity index (χ4n) is 3.42. The van der Waals surface area contributed by atoms with Crippen LogP contribution < -0.4 is 10.1 Å². The Morgan fingerprint density at radius 3 is 2.63 bits per heavy atom. The third-order valence-corrected chi connectivity index (χ3v) is 5.23. The number of halogens is 1. The fraction of sp³-hybridized carbons (Fsp3) is 0.318. The summed E-state index contributed by atoms with van der Waals surface area (Å²) in [4.78, 5) is 26.5. The van der Waals surface area contributed by atoms with Crippen LogP contribution >= 0.6 is 11.6 Å². The highest BCUT2D eigenvalue weighted by Crippen LogP contribution is 2.38. The molecule has 2 aromatic carbocycles. The van der Waals surface area contributed by atoms with Gasteiger partial charge in [0.25, 0.3) is 5.91 Å². The van der Waals surface area contributed by atoms with E-state index in [2.05, 4.69) is 10.4 Å². The Morgan fingerprint density at radius 1 is 1.23 bits per heavy atom. The zero-order chi connectivity index (χ0) is 21.7. The van der Waals surface area contributed by atoms with Gasteiger partial charge in [0.05, 0.1) is 18.9 Å². The lowest BCUT2D eigenvalue weighted by Crippen LogP contribution is -2.43. The Morgan fingerprint density at radius 2 is 1.93 bits per heavy atom. The monoisotopic (exact) mass is 428 g/mol. The largest absolute Gasteiger partial charge is 0.496 e. The van der Waals surface area contributed by atoms with Gasteiger partial charge in [0.1, 0.15) is 12.3 Å². The number of urea groups is 1. The van der Waals surface area contributed by atoms with E-state index in [1.807, 2.05) is 49.4 Å². The predicted octanol–water partition coefficient (Wildman–Crippen LogP) is 3.69. The van der Waals surface area contributed by atoms with E-state index in [0.717, 1.165) is 11.1 Å². The third-order valence-electron chi connectivity index (χ3n) is 4.90. The van der Waals surface area contributed by atoms with E-state index in [1.54, 1.807) is 20.2 Å². The summed E-state index contributed by atoms with van der Waals surface area (Å²) in [5.41, 5.74) is 2.34. The van der Waals surface area contributed by atoms with Gasteiger partial charge in [-0.3, -0.25) is 4.79 Å². The molecular formula is C22H25ClN4O3. The number of likely N-dealkylation sites (N-methyl/N-ethyl adjacent to an activating group) is 1. The predicted molar refractivity (Wildman–Crippen MR) is 117 cm³/mol. The maximum atomic E-state index is 13.1. The number of nitrogens with one attached hydrogen (secondary N) is 1. The molecule has 3 amide bonds. The van der Waals surface area contributed by atoms with Crippen LogP contribution in [0.5, 0.6) is 5.75 Å². The van der Waals surface area contributed by atoms with Gasteiger partial charge in [-0.2, -0.15) is 5.10 Å². The van der Waals surface area contributed by atoms with Crippen LogP contribution in [0.3, 0.4) is 0 Å². The van der Waals surface area contributed by atoms with E-state index in [9.17, 15) is 9.59 Å². The van der Waals surface area contributed by atoms with E-state index >= 15 is 0 Å². The van der Waals surface area contributed by atoms with Crippen LogP contribution in [0.1, 0.15) is 30.5 Å². The molecule has 3 rings (SSSR count). The summed E-state index contributed by atoms with van der Waals surface area (Å²) in [5, 5.41) is 9.31. The van der Waals surface area contributed by atoms with Gasteiger partial charge in [0, 0.05) is 36.2 Å². The number of hydrogen-bond acceptors (Lipinski definition) is 4. The molecule has 0 bridgehead atoms. The minimum Gasteiger partial charge on any atom is -0.496 e. The molecule has 1 heterocycles. The number of amides is 3. The molecule has 0 fully saturated rings. The number of rotatable bonds is 6. The number of ether oxygens (including phenoxy) is 1.